The van der Waals surface area contributed by atoms with Gasteiger partial charge in [0, 0.05) is 6.54 Å². The van der Waals surface area contributed by atoms with Gasteiger partial charge in [0.1, 0.15) is 23.1 Å². The summed E-state index contributed by atoms with van der Waals surface area (Å²) in [5.74, 6) is -0.162. The number of fused-ring (bicyclic) bond motifs is 1. The minimum absolute atomic E-state index is 0. The van der Waals surface area contributed by atoms with Gasteiger partial charge in [-0.05, 0) is 13.0 Å². The number of hydrogen-bond donors (Lipinski definition) is 7. The van der Waals surface area contributed by atoms with Gasteiger partial charge in [0.15, 0.2) is 0 Å². The predicted octanol–water partition coefficient (Wildman–Crippen LogP) is 0.0399. The van der Waals surface area contributed by atoms with Crippen molar-refractivity contribution in [3.63, 3.8) is 0 Å². The molecule has 0 unspecified atom stereocenters. The Hall–Kier alpha value is -1.62. The highest BCUT2D eigenvalue weighted by atomic mass is 31.2. The van der Waals surface area contributed by atoms with Gasteiger partial charge < -0.3 is 32.5 Å². The summed E-state index contributed by atoms with van der Waals surface area (Å²) in [6.07, 6.45) is 1.46. The Morgan fingerprint density at radius 1 is 1.29 bits per heavy atom. The molecule has 0 spiro atoms. The number of rotatable bonds is 6. The van der Waals surface area contributed by atoms with E-state index >= 15 is 0 Å². The summed E-state index contributed by atoms with van der Waals surface area (Å²) >= 11 is 0. The first-order chi connectivity index (χ1) is 8.97. The third-order valence-corrected chi connectivity index (χ3v) is 3.40. The van der Waals surface area contributed by atoms with Crippen molar-refractivity contribution in [2.24, 2.45) is 0 Å². The van der Waals surface area contributed by atoms with Crippen LogP contribution in [0.3, 0.4) is 0 Å². The Labute approximate surface area is 120 Å². The Morgan fingerprint density at radius 3 is 2.67 bits per heavy atom. The van der Waals surface area contributed by atoms with E-state index < -0.39 is 7.60 Å². The molecule has 11 N–H and O–H groups in total. The summed E-state index contributed by atoms with van der Waals surface area (Å²) < 4.78 is 10.6. The fourth-order valence-electron chi connectivity index (χ4n) is 1.61. The number of hydrogen-bond acceptors (Lipinski definition) is 8. The van der Waals surface area contributed by atoms with Gasteiger partial charge in [-0.3, -0.25) is 9.66 Å². The van der Waals surface area contributed by atoms with Crippen molar-refractivity contribution >= 4 is 18.6 Å². The summed E-state index contributed by atoms with van der Waals surface area (Å²) in [6.45, 7) is 0.841. The normalized spacial score (nSPS) is 11.0. The van der Waals surface area contributed by atoms with Gasteiger partial charge in [-0.1, -0.05) is 0 Å². The summed E-state index contributed by atoms with van der Waals surface area (Å²) in [6, 6.07) is 0. The molecule has 11 nitrogen and oxygen atoms in total. The molecule has 0 aromatic carbocycles. The Bertz CT molecular complexity index is 613. The van der Waals surface area contributed by atoms with E-state index in [0.717, 1.165) is 0 Å². The van der Waals surface area contributed by atoms with E-state index in [-0.39, 0.29) is 24.3 Å². The maximum Gasteiger partial charge on any atom is 0.325 e. The molecule has 0 aliphatic heterocycles. The van der Waals surface area contributed by atoms with Crippen molar-refractivity contribution in [2.75, 3.05) is 12.7 Å². The summed E-state index contributed by atoms with van der Waals surface area (Å²) in [5, 5.41) is 19.1. The average molecular weight is 321 g/mol. The number of aromatic nitrogens is 4. The van der Waals surface area contributed by atoms with Crippen LogP contribution in [0, 0.1) is 0 Å². The van der Waals surface area contributed by atoms with Gasteiger partial charge in [-0.25, -0.2) is 9.97 Å². The van der Waals surface area contributed by atoms with Crippen LogP contribution in [0.5, 0.6) is 5.88 Å². The molecule has 21 heavy (non-hydrogen) atoms. The molecule has 0 aliphatic carbocycles. The third-order valence-electron chi connectivity index (χ3n) is 2.50. The van der Waals surface area contributed by atoms with Gasteiger partial charge in [-0.2, -0.15) is 5.10 Å². The number of aromatic amines is 1. The molecular weight excluding hydrogens is 301 g/mol. The standard InChI is InChI=1S/C9H14N5O4P.2H3N/c15-9-8-7(11-5-12-9)6(13-14-8)4-10-2-1-3-19(16,17)18;;/h5,10H,1-4H2,(H,13,14)(H,11,12,15)(H2,16,17,18);2*1H3. The Morgan fingerprint density at radius 2 is 2.00 bits per heavy atom. The molecule has 2 heterocycles. The van der Waals surface area contributed by atoms with E-state index in [9.17, 15) is 9.67 Å². The second-order valence-electron chi connectivity index (χ2n) is 4.01. The maximum absolute atomic E-state index is 10.6. The fourth-order valence-corrected chi connectivity index (χ4v) is 2.18. The van der Waals surface area contributed by atoms with E-state index in [2.05, 4.69) is 25.5 Å². The number of nitrogens with zero attached hydrogens (tertiary/aromatic N) is 3. The zero-order valence-electron chi connectivity index (χ0n) is 11.4. The SMILES string of the molecule is N.N.O=P(O)(O)CCCNCc1n[nH]c2c(O)ncnc12. The first-order valence-corrected chi connectivity index (χ1v) is 7.39. The Kier molecular flexibility index (Phi) is 7.36. The van der Waals surface area contributed by atoms with Crippen LogP contribution in [0.1, 0.15) is 12.1 Å². The lowest BCUT2D eigenvalue weighted by molar-refractivity contribution is 0.371. The molecule has 0 aliphatic rings. The van der Waals surface area contributed by atoms with Gasteiger partial charge in [-0.15, -0.1) is 0 Å². The summed E-state index contributed by atoms with van der Waals surface area (Å²) in [5.41, 5.74) is 1.51. The van der Waals surface area contributed by atoms with Crippen LogP contribution in [0.2, 0.25) is 0 Å². The maximum atomic E-state index is 10.6. The highest BCUT2D eigenvalue weighted by Gasteiger charge is 2.12. The fraction of sp³-hybridized carbons (Fsp3) is 0.444. The van der Waals surface area contributed by atoms with E-state index in [1.54, 1.807) is 0 Å². The van der Waals surface area contributed by atoms with Crippen LogP contribution >= 0.6 is 7.60 Å². The minimum atomic E-state index is -3.93. The molecule has 2 aromatic rings. The van der Waals surface area contributed by atoms with Crippen LogP contribution in [-0.4, -0.2) is 47.8 Å². The van der Waals surface area contributed by atoms with Crippen LogP contribution in [-0.2, 0) is 11.1 Å². The minimum Gasteiger partial charge on any atom is -0.492 e. The first kappa shape index (κ1) is 19.4. The summed E-state index contributed by atoms with van der Waals surface area (Å²) in [4.78, 5) is 25.0. The molecule has 2 rings (SSSR count). The third kappa shape index (κ3) is 5.34. The number of nitrogens with one attached hydrogen (secondary N) is 2. The quantitative estimate of drug-likeness (QED) is 0.280. The molecule has 0 amide bonds. The monoisotopic (exact) mass is 321 g/mol. The number of H-pyrrole nitrogens is 1. The average Bonchev–Trinajstić information content (AvgIpc) is 2.72. The van der Waals surface area contributed by atoms with Crippen LogP contribution < -0.4 is 17.6 Å². The highest BCUT2D eigenvalue weighted by Crippen LogP contribution is 2.34. The topological polar surface area (TPSA) is 214 Å². The highest BCUT2D eigenvalue weighted by molar-refractivity contribution is 7.51. The smallest absolute Gasteiger partial charge is 0.325 e. The molecule has 0 fully saturated rings. The zero-order chi connectivity index (χ0) is 13.9. The largest absolute Gasteiger partial charge is 0.492 e. The van der Waals surface area contributed by atoms with Gasteiger partial charge in [0.2, 0.25) is 5.88 Å². The first-order valence-electron chi connectivity index (χ1n) is 5.59. The van der Waals surface area contributed by atoms with E-state index in [1.807, 2.05) is 0 Å². The van der Waals surface area contributed by atoms with Crippen molar-refractivity contribution in [1.82, 2.24) is 37.8 Å². The van der Waals surface area contributed by atoms with Gasteiger partial charge in [0.05, 0.1) is 6.16 Å². The molecule has 120 valence electrons. The zero-order valence-corrected chi connectivity index (χ0v) is 12.3. The lowest BCUT2D eigenvalue weighted by atomic mass is 10.3. The molecule has 12 heteroatoms. The van der Waals surface area contributed by atoms with E-state index in [4.69, 9.17) is 9.79 Å². The molecule has 0 bridgehead atoms. The predicted molar refractivity (Wildman–Crippen MR) is 76.6 cm³/mol. The summed E-state index contributed by atoms with van der Waals surface area (Å²) in [7, 11) is -3.93. The van der Waals surface area contributed by atoms with Crippen molar-refractivity contribution in [1.29, 1.82) is 0 Å². The van der Waals surface area contributed by atoms with Crippen molar-refractivity contribution in [3.8, 4) is 5.88 Å². The second kappa shape index (κ2) is 7.98. The molecule has 2 aromatic heterocycles. The van der Waals surface area contributed by atoms with Gasteiger partial charge in [0.25, 0.3) is 0 Å². The molecule has 0 saturated carbocycles. The van der Waals surface area contributed by atoms with Crippen LogP contribution in [0.15, 0.2) is 6.33 Å². The van der Waals surface area contributed by atoms with Crippen molar-refractivity contribution in [3.05, 3.63) is 12.0 Å². The van der Waals surface area contributed by atoms with Crippen LogP contribution in [0.25, 0.3) is 11.0 Å². The molecule has 0 saturated heterocycles. The molecule has 0 atom stereocenters. The Balaban J connectivity index is 0.00000200. The van der Waals surface area contributed by atoms with E-state index in [1.165, 1.54) is 6.33 Å². The second-order valence-corrected chi connectivity index (χ2v) is 5.79. The van der Waals surface area contributed by atoms with Crippen LogP contribution in [0.4, 0.5) is 0 Å². The number of aromatic hydroxyl groups is 1. The van der Waals surface area contributed by atoms with Crippen molar-refractivity contribution < 1.29 is 19.5 Å². The lowest BCUT2D eigenvalue weighted by Crippen LogP contribution is -2.16. The van der Waals surface area contributed by atoms with Crippen molar-refractivity contribution in [2.45, 2.75) is 13.0 Å². The molecular formula is C9H20N7O4P. The van der Waals surface area contributed by atoms with Gasteiger partial charge >= 0.3 is 7.60 Å². The van der Waals surface area contributed by atoms with E-state index in [0.29, 0.717) is 36.2 Å². The molecule has 0 radical (unpaired) electrons. The lowest BCUT2D eigenvalue weighted by Gasteiger charge is -2.04.